The standard InChI is InChI=1S/C12H19NO2/c1-9(6-7-13)10-2-4-11(5-3-10)12(15)8-14/h2-5,9,12,14-15H,6-8,13H2,1H3. The molecule has 0 saturated heterocycles. The molecular weight excluding hydrogens is 190 g/mol. The molecule has 2 unspecified atom stereocenters. The Morgan fingerprint density at radius 1 is 1.20 bits per heavy atom. The predicted octanol–water partition coefficient (Wildman–Crippen LogP) is 1.16. The SMILES string of the molecule is CC(CCN)c1ccc(C(O)CO)cc1. The lowest BCUT2D eigenvalue weighted by molar-refractivity contribution is 0.0956. The molecule has 0 heterocycles. The van der Waals surface area contributed by atoms with Crippen LogP contribution in [0.3, 0.4) is 0 Å². The number of hydrogen-bond donors (Lipinski definition) is 3. The van der Waals surface area contributed by atoms with Crippen LogP contribution in [0, 0.1) is 0 Å². The predicted molar refractivity (Wildman–Crippen MR) is 60.6 cm³/mol. The van der Waals surface area contributed by atoms with Crippen molar-refractivity contribution in [3.8, 4) is 0 Å². The van der Waals surface area contributed by atoms with Gasteiger partial charge in [0, 0.05) is 0 Å². The van der Waals surface area contributed by atoms with Gasteiger partial charge >= 0.3 is 0 Å². The fraction of sp³-hybridized carbons (Fsp3) is 0.500. The van der Waals surface area contributed by atoms with Crippen molar-refractivity contribution in [3.63, 3.8) is 0 Å². The normalized spacial score (nSPS) is 14.9. The van der Waals surface area contributed by atoms with Gasteiger partial charge in [-0.15, -0.1) is 0 Å². The Morgan fingerprint density at radius 3 is 2.20 bits per heavy atom. The Hall–Kier alpha value is -0.900. The molecule has 0 aliphatic rings. The van der Waals surface area contributed by atoms with Crippen molar-refractivity contribution in [1.29, 1.82) is 0 Å². The summed E-state index contributed by atoms with van der Waals surface area (Å²) in [4.78, 5) is 0. The van der Waals surface area contributed by atoms with Crippen LogP contribution in [0.1, 0.15) is 36.5 Å². The smallest absolute Gasteiger partial charge is 0.102 e. The van der Waals surface area contributed by atoms with Crippen molar-refractivity contribution in [3.05, 3.63) is 35.4 Å². The van der Waals surface area contributed by atoms with E-state index in [0.29, 0.717) is 12.5 Å². The van der Waals surface area contributed by atoms with Crippen molar-refractivity contribution >= 4 is 0 Å². The third-order valence-corrected chi connectivity index (χ3v) is 2.66. The van der Waals surface area contributed by atoms with E-state index in [2.05, 4.69) is 6.92 Å². The van der Waals surface area contributed by atoms with Crippen molar-refractivity contribution in [2.45, 2.75) is 25.4 Å². The summed E-state index contributed by atoms with van der Waals surface area (Å²) in [5, 5.41) is 18.2. The summed E-state index contributed by atoms with van der Waals surface area (Å²) in [5.74, 6) is 0.440. The van der Waals surface area contributed by atoms with Crippen LogP contribution in [0.15, 0.2) is 24.3 Å². The molecule has 4 N–H and O–H groups in total. The third kappa shape index (κ3) is 3.30. The maximum Gasteiger partial charge on any atom is 0.102 e. The van der Waals surface area contributed by atoms with Gasteiger partial charge in [-0.05, 0) is 30.0 Å². The van der Waals surface area contributed by atoms with Crippen LogP contribution in [-0.2, 0) is 0 Å². The molecule has 0 aromatic heterocycles. The Balaban J connectivity index is 2.71. The molecule has 0 aliphatic heterocycles. The van der Waals surface area contributed by atoms with E-state index >= 15 is 0 Å². The van der Waals surface area contributed by atoms with Gasteiger partial charge in [0.2, 0.25) is 0 Å². The zero-order valence-corrected chi connectivity index (χ0v) is 9.06. The van der Waals surface area contributed by atoms with E-state index < -0.39 is 6.10 Å². The molecule has 0 bridgehead atoms. The molecule has 0 saturated carbocycles. The first-order chi connectivity index (χ1) is 7.19. The summed E-state index contributed by atoms with van der Waals surface area (Å²) in [5.41, 5.74) is 7.46. The number of rotatable bonds is 5. The van der Waals surface area contributed by atoms with Crippen LogP contribution >= 0.6 is 0 Å². The van der Waals surface area contributed by atoms with Crippen molar-refractivity contribution in [1.82, 2.24) is 0 Å². The first kappa shape index (κ1) is 12.2. The maximum absolute atomic E-state index is 9.39. The monoisotopic (exact) mass is 209 g/mol. The van der Waals surface area contributed by atoms with Crippen molar-refractivity contribution < 1.29 is 10.2 Å². The zero-order valence-electron chi connectivity index (χ0n) is 9.06. The minimum absolute atomic E-state index is 0.238. The van der Waals surface area contributed by atoms with Crippen molar-refractivity contribution in [2.24, 2.45) is 5.73 Å². The Bertz CT molecular complexity index is 284. The molecule has 15 heavy (non-hydrogen) atoms. The number of nitrogens with two attached hydrogens (primary N) is 1. The molecule has 0 aliphatic carbocycles. The molecule has 84 valence electrons. The molecule has 0 spiro atoms. The Kier molecular flexibility index (Phi) is 4.75. The highest BCUT2D eigenvalue weighted by atomic mass is 16.3. The lowest BCUT2D eigenvalue weighted by Gasteiger charge is -2.12. The third-order valence-electron chi connectivity index (χ3n) is 2.66. The fourth-order valence-electron chi connectivity index (χ4n) is 1.57. The number of aliphatic hydroxyl groups excluding tert-OH is 2. The number of aliphatic hydroxyl groups is 2. The average Bonchev–Trinajstić information content (AvgIpc) is 2.28. The lowest BCUT2D eigenvalue weighted by atomic mass is 9.96. The van der Waals surface area contributed by atoms with Crippen LogP contribution in [0.2, 0.25) is 0 Å². The van der Waals surface area contributed by atoms with Gasteiger partial charge in [-0.2, -0.15) is 0 Å². The van der Waals surface area contributed by atoms with Gasteiger partial charge in [-0.1, -0.05) is 31.2 Å². The second-order valence-corrected chi connectivity index (χ2v) is 3.84. The van der Waals surface area contributed by atoms with E-state index in [1.165, 1.54) is 5.56 Å². The summed E-state index contributed by atoms with van der Waals surface area (Å²) >= 11 is 0. The van der Waals surface area contributed by atoms with E-state index in [1.54, 1.807) is 0 Å². The molecule has 0 fully saturated rings. The summed E-state index contributed by atoms with van der Waals surface area (Å²) < 4.78 is 0. The van der Waals surface area contributed by atoms with Gasteiger partial charge in [0.25, 0.3) is 0 Å². The van der Waals surface area contributed by atoms with E-state index in [0.717, 1.165) is 12.0 Å². The molecule has 0 amide bonds. The second-order valence-electron chi connectivity index (χ2n) is 3.84. The fourth-order valence-corrected chi connectivity index (χ4v) is 1.57. The molecule has 1 aromatic carbocycles. The lowest BCUT2D eigenvalue weighted by Crippen LogP contribution is -2.05. The molecule has 1 rings (SSSR count). The first-order valence-electron chi connectivity index (χ1n) is 5.28. The van der Waals surface area contributed by atoms with Crippen LogP contribution in [0.4, 0.5) is 0 Å². The summed E-state index contributed by atoms with van der Waals surface area (Å²) in [6, 6.07) is 7.66. The van der Waals surface area contributed by atoms with Gasteiger partial charge in [-0.25, -0.2) is 0 Å². The first-order valence-corrected chi connectivity index (χ1v) is 5.28. The quantitative estimate of drug-likeness (QED) is 0.682. The Labute approximate surface area is 90.5 Å². The minimum Gasteiger partial charge on any atom is -0.393 e. The average molecular weight is 209 g/mol. The van der Waals surface area contributed by atoms with Gasteiger partial charge in [0.05, 0.1) is 6.61 Å². The van der Waals surface area contributed by atoms with E-state index in [-0.39, 0.29) is 6.61 Å². The van der Waals surface area contributed by atoms with Crippen LogP contribution in [0.25, 0.3) is 0 Å². The number of hydrogen-bond acceptors (Lipinski definition) is 3. The molecule has 1 aromatic rings. The largest absolute Gasteiger partial charge is 0.393 e. The summed E-state index contributed by atoms with van der Waals surface area (Å²) in [7, 11) is 0. The summed E-state index contributed by atoms with van der Waals surface area (Å²) in [6.07, 6.45) is 0.186. The van der Waals surface area contributed by atoms with Gasteiger partial charge in [-0.3, -0.25) is 0 Å². The van der Waals surface area contributed by atoms with E-state index in [9.17, 15) is 5.11 Å². The molecule has 3 heteroatoms. The highest BCUT2D eigenvalue weighted by molar-refractivity contribution is 5.26. The highest BCUT2D eigenvalue weighted by Gasteiger charge is 2.07. The minimum atomic E-state index is -0.774. The van der Waals surface area contributed by atoms with Gasteiger partial charge < -0.3 is 15.9 Å². The van der Waals surface area contributed by atoms with E-state index in [1.807, 2.05) is 24.3 Å². The maximum atomic E-state index is 9.39. The van der Waals surface area contributed by atoms with Crippen molar-refractivity contribution in [2.75, 3.05) is 13.2 Å². The number of benzene rings is 1. The molecule has 2 atom stereocenters. The molecule has 0 radical (unpaired) electrons. The summed E-state index contributed by atoms with van der Waals surface area (Å²) in [6.45, 7) is 2.57. The zero-order chi connectivity index (χ0) is 11.3. The molecular formula is C12H19NO2. The van der Waals surface area contributed by atoms with Crippen LogP contribution < -0.4 is 5.73 Å². The highest BCUT2D eigenvalue weighted by Crippen LogP contribution is 2.20. The topological polar surface area (TPSA) is 66.5 Å². The molecule has 3 nitrogen and oxygen atoms in total. The van der Waals surface area contributed by atoms with E-state index in [4.69, 9.17) is 10.8 Å². The Morgan fingerprint density at radius 2 is 1.73 bits per heavy atom. The van der Waals surface area contributed by atoms with Crippen LogP contribution in [0.5, 0.6) is 0 Å². The second kappa shape index (κ2) is 5.85. The van der Waals surface area contributed by atoms with Gasteiger partial charge in [0.1, 0.15) is 6.10 Å². The van der Waals surface area contributed by atoms with Gasteiger partial charge in [0.15, 0.2) is 0 Å². The van der Waals surface area contributed by atoms with Crippen LogP contribution in [-0.4, -0.2) is 23.4 Å².